The maximum atomic E-state index is 13.2. The Labute approximate surface area is 100 Å². The third kappa shape index (κ3) is 2.65. The Morgan fingerprint density at radius 3 is 2.76 bits per heavy atom. The maximum Gasteiger partial charge on any atom is 0.219 e. The Morgan fingerprint density at radius 1 is 1.47 bits per heavy atom. The third-order valence-electron chi connectivity index (χ3n) is 2.92. The summed E-state index contributed by atoms with van der Waals surface area (Å²) in [6.07, 6.45) is 0. The van der Waals surface area contributed by atoms with Crippen molar-refractivity contribution in [1.82, 2.24) is 4.90 Å². The maximum absolute atomic E-state index is 13.2. The lowest BCUT2D eigenvalue weighted by Gasteiger charge is -2.35. The predicted molar refractivity (Wildman–Crippen MR) is 63.8 cm³/mol. The smallest absolute Gasteiger partial charge is 0.219 e. The van der Waals surface area contributed by atoms with Gasteiger partial charge in [0, 0.05) is 25.6 Å². The van der Waals surface area contributed by atoms with Gasteiger partial charge in [0.1, 0.15) is 5.82 Å². The number of carbonyl (C=O) groups is 1. The lowest BCUT2D eigenvalue weighted by molar-refractivity contribution is -0.133. The molecule has 0 aliphatic carbocycles. The molecule has 2 rings (SSSR count). The number of hydrogen-bond acceptors (Lipinski definition) is 1. The van der Waals surface area contributed by atoms with E-state index >= 15 is 0 Å². The average molecular weight is 231 g/mol. The van der Waals surface area contributed by atoms with Gasteiger partial charge in [0.2, 0.25) is 5.91 Å². The lowest BCUT2D eigenvalue weighted by Crippen LogP contribution is -2.48. The van der Waals surface area contributed by atoms with Gasteiger partial charge in [-0.25, -0.2) is 4.39 Å². The molecule has 3 heteroatoms. The fourth-order valence-electron chi connectivity index (χ4n) is 1.68. The van der Waals surface area contributed by atoms with Crippen LogP contribution in [0.2, 0.25) is 0 Å². The number of carbonyl (C=O) groups excluding carboxylic acids is 1. The minimum absolute atomic E-state index is 0.0874. The number of nitrogens with zero attached hydrogens (tertiary/aromatic N) is 1. The molecule has 0 unspecified atom stereocenters. The summed E-state index contributed by atoms with van der Waals surface area (Å²) in [4.78, 5) is 12.7. The molecule has 0 atom stereocenters. The van der Waals surface area contributed by atoms with Crippen LogP contribution in [0.15, 0.2) is 18.2 Å². The fourth-order valence-corrected chi connectivity index (χ4v) is 1.68. The molecule has 1 saturated heterocycles. The summed E-state index contributed by atoms with van der Waals surface area (Å²) in [7, 11) is 0. The van der Waals surface area contributed by atoms with Crippen molar-refractivity contribution >= 4 is 5.91 Å². The lowest BCUT2D eigenvalue weighted by atomic mass is 10.0. The quantitative estimate of drug-likeness (QED) is 0.625. The fraction of sp³-hybridized carbons (Fsp3) is 0.357. The summed E-state index contributed by atoms with van der Waals surface area (Å²) in [5, 5.41) is 0. The number of aryl methyl sites for hydroxylation is 1. The van der Waals surface area contributed by atoms with Crippen LogP contribution in [0.3, 0.4) is 0 Å². The van der Waals surface area contributed by atoms with Crippen LogP contribution in [0, 0.1) is 30.5 Å². The van der Waals surface area contributed by atoms with Crippen molar-refractivity contribution in [3.8, 4) is 11.8 Å². The third-order valence-corrected chi connectivity index (χ3v) is 2.92. The van der Waals surface area contributed by atoms with Crippen LogP contribution in [0.5, 0.6) is 0 Å². The summed E-state index contributed by atoms with van der Waals surface area (Å²) in [6, 6.07) is 4.98. The second-order valence-electron chi connectivity index (χ2n) is 4.35. The molecule has 1 heterocycles. The van der Waals surface area contributed by atoms with Gasteiger partial charge in [0.15, 0.2) is 0 Å². The Hall–Kier alpha value is -1.82. The van der Waals surface area contributed by atoms with Gasteiger partial charge in [0.25, 0.3) is 0 Å². The van der Waals surface area contributed by atoms with Crippen molar-refractivity contribution in [1.29, 1.82) is 0 Å². The van der Waals surface area contributed by atoms with Gasteiger partial charge in [-0.1, -0.05) is 17.9 Å². The standard InChI is InChI=1S/C14H14FNO/c1-10-3-4-12(7-14(10)15)5-6-13-8-16(9-13)11(2)17/h3-4,7,13H,8-9H2,1-2H3. The summed E-state index contributed by atoms with van der Waals surface area (Å²) >= 11 is 0. The molecular formula is C14H14FNO. The zero-order chi connectivity index (χ0) is 12.4. The molecule has 0 saturated carbocycles. The second kappa shape index (κ2) is 4.58. The Balaban J connectivity index is 1.98. The van der Waals surface area contributed by atoms with E-state index in [4.69, 9.17) is 0 Å². The number of likely N-dealkylation sites (tertiary alicyclic amines) is 1. The van der Waals surface area contributed by atoms with Crippen molar-refractivity contribution in [2.45, 2.75) is 13.8 Å². The first-order valence-electron chi connectivity index (χ1n) is 5.59. The van der Waals surface area contributed by atoms with Gasteiger partial charge in [0.05, 0.1) is 5.92 Å². The molecule has 0 bridgehead atoms. The van der Waals surface area contributed by atoms with Crippen LogP contribution in [0.1, 0.15) is 18.1 Å². The molecule has 17 heavy (non-hydrogen) atoms. The SMILES string of the molecule is CC(=O)N1CC(C#Cc2ccc(C)c(F)c2)C1. The van der Waals surface area contributed by atoms with E-state index in [0.717, 1.165) is 0 Å². The summed E-state index contributed by atoms with van der Waals surface area (Å²) < 4.78 is 13.2. The Morgan fingerprint density at radius 2 is 2.18 bits per heavy atom. The van der Waals surface area contributed by atoms with Crippen LogP contribution < -0.4 is 0 Å². The molecule has 0 radical (unpaired) electrons. The first-order valence-corrected chi connectivity index (χ1v) is 5.59. The topological polar surface area (TPSA) is 20.3 Å². The monoisotopic (exact) mass is 231 g/mol. The first-order chi connectivity index (χ1) is 8.06. The zero-order valence-corrected chi connectivity index (χ0v) is 9.96. The van der Waals surface area contributed by atoms with E-state index in [1.54, 1.807) is 24.8 Å². The molecule has 1 aliphatic heterocycles. The average Bonchev–Trinajstić information content (AvgIpc) is 2.20. The van der Waals surface area contributed by atoms with Crippen molar-refractivity contribution in [2.75, 3.05) is 13.1 Å². The van der Waals surface area contributed by atoms with Gasteiger partial charge >= 0.3 is 0 Å². The van der Waals surface area contributed by atoms with Crippen LogP contribution in [0.4, 0.5) is 4.39 Å². The summed E-state index contributed by atoms with van der Waals surface area (Å²) in [5.74, 6) is 6.09. The molecule has 0 N–H and O–H groups in total. The molecule has 1 aliphatic rings. The van der Waals surface area contributed by atoms with E-state index in [9.17, 15) is 9.18 Å². The van der Waals surface area contributed by atoms with Crippen molar-refractivity contribution < 1.29 is 9.18 Å². The number of hydrogen-bond donors (Lipinski definition) is 0. The van der Waals surface area contributed by atoms with Gasteiger partial charge in [-0.05, 0) is 24.6 Å². The molecule has 1 amide bonds. The van der Waals surface area contributed by atoms with Crippen LogP contribution in [0.25, 0.3) is 0 Å². The van der Waals surface area contributed by atoms with Crippen LogP contribution >= 0.6 is 0 Å². The highest BCUT2D eigenvalue weighted by Crippen LogP contribution is 2.14. The molecule has 1 aromatic carbocycles. The Bertz CT molecular complexity index is 507. The normalized spacial score (nSPS) is 14.9. The second-order valence-corrected chi connectivity index (χ2v) is 4.35. The highest BCUT2D eigenvalue weighted by molar-refractivity contribution is 5.74. The van der Waals surface area contributed by atoms with Gasteiger partial charge < -0.3 is 4.90 Å². The largest absolute Gasteiger partial charge is 0.340 e. The van der Waals surface area contributed by atoms with E-state index < -0.39 is 0 Å². The first kappa shape index (κ1) is 11.7. The van der Waals surface area contributed by atoms with E-state index in [0.29, 0.717) is 24.2 Å². The van der Waals surface area contributed by atoms with E-state index in [1.165, 1.54) is 6.07 Å². The van der Waals surface area contributed by atoms with Gasteiger partial charge in [-0.15, -0.1) is 0 Å². The number of rotatable bonds is 0. The molecule has 2 nitrogen and oxygen atoms in total. The highest BCUT2D eigenvalue weighted by Gasteiger charge is 2.26. The summed E-state index contributed by atoms with van der Waals surface area (Å²) in [5.41, 5.74) is 1.32. The minimum Gasteiger partial charge on any atom is -0.340 e. The number of benzene rings is 1. The van der Waals surface area contributed by atoms with Gasteiger partial charge in [-0.3, -0.25) is 4.79 Å². The zero-order valence-electron chi connectivity index (χ0n) is 9.96. The van der Waals surface area contributed by atoms with Crippen molar-refractivity contribution in [2.24, 2.45) is 5.92 Å². The number of amides is 1. The van der Waals surface area contributed by atoms with E-state index in [1.807, 2.05) is 6.07 Å². The summed E-state index contributed by atoms with van der Waals surface area (Å²) in [6.45, 7) is 4.66. The van der Waals surface area contributed by atoms with Crippen LogP contribution in [-0.4, -0.2) is 23.9 Å². The highest BCUT2D eigenvalue weighted by atomic mass is 19.1. The van der Waals surface area contributed by atoms with E-state index in [2.05, 4.69) is 11.8 Å². The Kier molecular flexibility index (Phi) is 3.14. The molecule has 0 spiro atoms. The molecule has 0 aromatic heterocycles. The predicted octanol–water partition coefficient (Wildman–Crippen LogP) is 1.96. The van der Waals surface area contributed by atoms with Crippen molar-refractivity contribution in [3.05, 3.63) is 35.1 Å². The van der Waals surface area contributed by atoms with E-state index in [-0.39, 0.29) is 17.6 Å². The van der Waals surface area contributed by atoms with Crippen molar-refractivity contribution in [3.63, 3.8) is 0 Å². The molecule has 1 aromatic rings. The molecular weight excluding hydrogens is 217 g/mol. The van der Waals surface area contributed by atoms with Gasteiger partial charge in [-0.2, -0.15) is 0 Å². The van der Waals surface area contributed by atoms with Crippen LogP contribution in [-0.2, 0) is 4.79 Å². The number of halogens is 1. The minimum atomic E-state index is -0.226. The molecule has 88 valence electrons. The molecule has 1 fully saturated rings.